The normalized spacial score (nSPS) is 13.8. The molecule has 0 radical (unpaired) electrons. The van der Waals surface area contributed by atoms with Crippen LogP contribution in [-0.4, -0.2) is 32.6 Å². The van der Waals surface area contributed by atoms with Crippen LogP contribution in [0.4, 0.5) is 5.69 Å². The Kier molecular flexibility index (Phi) is 3.10. The second kappa shape index (κ2) is 4.53. The summed E-state index contributed by atoms with van der Waals surface area (Å²) in [4.78, 5) is 13.9. The van der Waals surface area contributed by atoms with Gasteiger partial charge in [-0.2, -0.15) is 0 Å². The summed E-state index contributed by atoms with van der Waals surface area (Å²) < 4.78 is 0. The number of nitrogens with two attached hydrogens (primary N) is 1. The molecular formula is C12H17N3O. The number of nitrogens with zero attached hydrogens (tertiary/aromatic N) is 1. The van der Waals surface area contributed by atoms with Crippen LogP contribution < -0.4 is 16.0 Å². The summed E-state index contributed by atoms with van der Waals surface area (Å²) in [6, 6.07) is 5.86. The van der Waals surface area contributed by atoms with Gasteiger partial charge in [0.2, 0.25) is 0 Å². The van der Waals surface area contributed by atoms with E-state index in [2.05, 4.69) is 17.3 Å². The van der Waals surface area contributed by atoms with Gasteiger partial charge in [-0.25, -0.2) is 0 Å². The largest absolute Gasteiger partial charge is 0.374 e. The fourth-order valence-corrected chi connectivity index (χ4v) is 2.00. The van der Waals surface area contributed by atoms with Crippen LogP contribution in [0.3, 0.4) is 0 Å². The third-order valence-corrected chi connectivity index (χ3v) is 2.90. The molecule has 0 fully saturated rings. The van der Waals surface area contributed by atoms with Crippen LogP contribution in [0.15, 0.2) is 18.2 Å². The molecule has 0 unspecified atom stereocenters. The highest BCUT2D eigenvalue weighted by Gasteiger charge is 2.17. The molecule has 1 heterocycles. The van der Waals surface area contributed by atoms with Crippen LogP contribution in [0.5, 0.6) is 0 Å². The van der Waals surface area contributed by atoms with Crippen molar-refractivity contribution in [1.82, 2.24) is 5.32 Å². The molecule has 3 N–H and O–H groups in total. The maximum atomic E-state index is 11.7. The number of rotatable bonds is 3. The van der Waals surface area contributed by atoms with Crippen molar-refractivity contribution in [2.45, 2.75) is 6.42 Å². The number of benzene rings is 1. The van der Waals surface area contributed by atoms with E-state index in [1.54, 1.807) is 0 Å². The molecule has 86 valence electrons. The highest BCUT2D eigenvalue weighted by Crippen LogP contribution is 2.27. The van der Waals surface area contributed by atoms with E-state index in [0.29, 0.717) is 13.1 Å². The summed E-state index contributed by atoms with van der Waals surface area (Å²) in [6.07, 6.45) is 1.02. The lowest BCUT2D eigenvalue weighted by Gasteiger charge is -2.12. The minimum absolute atomic E-state index is 0.0391. The molecule has 4 heteroatoms. The Morgan fingerprint density at radius 1 is 1.56 bits per heavy atom. The minimum Gasteiger partial charge on any atom is -0.374 e. The number of hydrogen-bond acceptors (Lipinski definition) is 3. The second-order valence-electron chi connectivity index (χ2n) is 4.06. The number of nitrogens with one attached hydrogen (secondary N) is 1. The first-order valence-corrected chi connectivity index (χ1v) is 5.54. The van der Waals surface area contributed by atoms with Gasteiger partial charge in [0.25, 0.3) is 5.91 Å². The van der Waals surface area contributed by atoms with E-state index in [1.165, 1.54) is 11.3 Å². The molecule has 1 aromatic carbocycles. The Balaban J connectivity index is 2.15. The van der Waals surface area contributed by atoms with Crippen molar-refractivity contribution in [3.05, 3.63) is 29.3 Å². The lowest BCUT2D eigenvalue weighted by atomic mass is 10.1. The smallest absolute Gasteiger partial charge is 0.251 e. The van der Waals surface area contributed by atoms with Crippen molar-refractivity contribution in [3.63, 3.8) is 0 Å². The number of amides is 1. The van der Waals surface area contributed by atoms with Gasteiger partial charge in [-0.3, -0.25) is 4.79 Å². The predicted octanol–water partition coefficient (Wildman–Crippen LogP) is 0.367. The average Bonchev–Trinajstić information content (AvgIpc) is 2.67. The van der Waals surface area contributed by atoms with E-state index in [9.17, 15) is 4.79 Å². The van der Waals surface area contributed by atoms with Crippen LogP contribution in [0, 0.1) is 0 Å². The number of hydrogen-bond donors (Lipinski definition) is 2. The third kappa shape index (κ3) is 2.02. The third-order valence-electron chi connectivity index (χ3n) is 2.90. The molecule has 1 amide bonds. The van der Waals surface area contributed by atoms with Crippen molar-refractivity contribution in [3.8, 4) is 0 Å². The van der Waals surface area contributed by atoms with Crippen LogP contribution in [0.2, 0.25) is 0 Å². The molecule has 0 atom stereocenters. The first-order valence-electron chi connectivity index (χ1n) is 5.54. The van der Waals surface area contributed by atoms with Crippen LogP contribution >= 0.6 is 0 Å². The van der Waals surface area contributed by atoms with Gasteiger partial charge < -0.3 is 16.0 Å². The number of likely N-dealkylation sites (N-methyl/N-ethyl adjacent to an activating group) is 1. The molecule has 0 saturated carbocycles. The number of carbonyl (C=O) groups excluding carboxylic acids is 1. The molecule has 0 saturated heterocycles. The Hall–Kier alpha value is -1.55. The number of anilines is 1. The molecule has 16 heavy (non-hydrogen) atoms. The molecule has 4 nitrogen and oxygen atoms in total. The van der Waals surface area contributed by atoms with E-state index < -0.39 is 0 Å². The Morgan fingerprint density at radius 3 is 3.12 bits per heavy atom. The van der Waals surface area contributed by atoms with E-state index in [4.69, 9.17) is 5.73 Å². The van der Waals surface area contributed by atoms with Crippen molar-refractivity contribution in [1.29, 1.82) is 0 Å². The molecule has 1 aliphatic rings. The van der Waals surface area contributed by atoms with Gasteiger partial charge in [0, 0.05) is 37.9 Å². The van der Waals surface area contributed by atoms with E-state index in [1.807, 2.05) is 18.2 Å². The maximum Gasteiger partial charge on any atom is 0.251 e. The zero-order valence-electron chi connectivity index (χ0n) is 9.49. The molecular weight excluding hydrogens is 202 g/mol. The van der Waals surface area contributed by atoms with Crippen LogP contribution in [0.1, 0.15) is 15.9 Å². The maximum absolute atomic E-state index is 11.7. The summed E-state index contributed by atoms with van der Waals surface area (Å²) in [5, 5.41) is 2.77. The molecule has 0 aliphatic carbocycles. The quantitative estimate of drug-likeness (QED) is 0.772. The monoisotopic (exact) mass is 219 g/mol. The topological polar surface area (TPSA) is 58.4 Å². The number of fused-ring (bicyclic) bond motifs is 1. The second-order valence-corrected chi connectivity index (χ2v) is 4.06. The fourth-order valence-electron chi connectivity index (χ4n) is 2.00. The summed E-state index contributed by atoms with van der Waals surface area (Å²) in [6.45, 7) is 2.03. The van der Waals surface area contributed by atoms with Gasteiger partial charge in [0.05, 0.1) is 0 Å². The van der Waals surface area contributed by atoms with Crippen LogP contribution in [-0.2, 0) is 6.42 Å². The summed E-state index contributed by atoms with van der Waals surface area (Å²) >= 11 is 0. The summed E-state index contributed by atoms with van der Waals surface area (Å²) in [5.74, 6) is -0.0391. The lowest BCUT2D eigenvalue weighted by molar-refractivity contribution is 0.0954. The van der Waals surface area contributed by atoms with Crippen molar-refractivity contribution >= 4 is 11.6 Å². The first kappa shape index (κ1) is 11.0. The van der Waals surface area contributed by atoms with E-state index in [-0.39, 0.29) is 5.91 Å². The van der Waals surface area contributed by atoms with E-state index >= 15 is 0 Å². The van der Waals surface area contributed by atoms with Gasteiger partial charge >= 0.3 is 0 Å². The molecule has 1 aliphatic heterocycles. The molecule has 0 bridgehead atoms. The van der Waals surface area contributed by atoms with Gasteiger partial charge in [-0.15, -0.1) is 0 Å². The first-order chi connectivity index (χ1) is 7.72. The van der Waals surface area contributed by atoms with Gasteiger partial charge in [0.15, 0.2) is 0 Å². The molecule has 0 aromatic heterocycles. The Labute approximate surface area is 95.4 Å². The number of carbonyl (C=O) groups is 1. The van der Waals surface area contributed by atoms with Crippen molar-refractivity contribution < 1.29 is 4.79 Å². The lowest BCUT2D eigenvalue weighted by Crippen LogP contribution is -2.29. The zero-order chi connectivity index (χ0) is 11.5. The minimum atomic E-state index is -0.0391. The molecule has 2 rings (SSSR count). The summed E-state index contributed by atoms with van der Waals surface area (Å²) in [5.41, 5.74) is 8.55. The molecule has 1 aromatic rings. The predicted molar refractivity (Wildman–Crippen MR) is 64.8 cm³/mol. The van der Waals surface area contributed by atoms with Crippen LogP contribution in [0.25, 0.3) is 0 Å². The average molecular weight is 219 g/mol. The Morgan fingerprint density at radius 2 is 2.38 bits per heavy atom. The highest BCUT2D eigenvalue weighted by atomic mass is 16.1. The van der Waals surface area contributed by atoms with Gasteiger partial charge in [-0.05, 0) is 30.2 Å². The highest BCUT2D eigenvalue weighted by molar-refractivity contribution is 5.95. The van der Waals surface area contributed by atoms with Crippen molar-refractivity contribution in [2.75, 3.05) is 31.6 Å². The van der Waals surface area contributed by atoms with Crippen molar-refractivity contribution in [2.24, 2.45) is 5.73 Å². The molecule has 0 spiro atoms. The fraction of sp³-hybridized carbons (Fsp3) is 0.417. The van der Waals surface area contributed by atoms with Gasteiger partial charge in [-0.1, -0.05) is 0 Å². The standard InChI is InChI=1S/C12H17N3O/c1-15-7-4-9-8-10(2-3-11(9)15)12(16)14-6-5-13/h2-3,8H,4-7,13H2,1H3,(H,14,16). The zero-order valence-corrected chi connectivity index (χ0v) is 9.49. The van der Waals surface area contributed by atoms with Gasteiger partial charge in [0.1, 0.15) is 0 Å². The van der Waals surface area contributed by atoms with E-state index in [0.717, 1.165) is 18.5 Å². The SMILES string of the molecule is CN1CCc2cc(C(=O)NCCN)ccc21. The Bertz CT molecular complexity index is 403. The summed E-state index contributed by atoms with van der Waals surface area (Å²) in [7, 11) is 2.07.